The minimum Gasteiger partial charge on any atom is -0.214 e. The summed E-state index contributed by atoms with van der Waals surface area (Å²) in [6, 6.07) is 6.27. The van der Waals surface area contributed by atoms with Gasteiger partial charge in [0.25, 0.3) is 9.84 Å². The molecule has 0 amide bonds. The highest BCUT2D eigenvalue weighted by Gasteiger charge is 2.49. The van der Waals surface area contributed by atoms with Crippen LogP contribution >= 0.6 is 0 Å². The maximum Gasteiger partial charge on any atom is 0.501 e. The van der Waals surface area contributed by atoms with Gasteiger partial charge in [0.2, 0.25) is 0 Å². The van der Waals surface area contributed by atoms with Crippen LogP contribution in [0.3, 0.4) is 0 Å². The van der Waals surface area contributed by atoms with E-state index in [2.05, 4.69) is 0 Å². The van der Waals surface area contributed by atoms with E-state index in [1.807, 2.05) is 0 Å². The Morgan fingerprint density at radius 1 is 1.12 bits per heavy atom. The molecule has 0 fully saturated rings. The first kappa shape index (κ1) is 12.2. The van der Waals surface area contributed by atoms with Gasteiger partial charge in [0.15, 0.2) is 0 Å². The van der Waals surface area contributed by atoms with Crippen LogP contribution in [0.25, 0.3) is 4.91 Å². The normalized spacial score (nSPS) is 16.3. The van der Waals surface area contributed by atoms with Gasteiger partial charge >= 0.3 is 5.51 Å². The molecule has 1 aromatic carbocycles. The lowest BCUT2D eigenvalue weighted by Crippen LogP contribution is -2.25. The maximum atomic E-state index is 12.5. The van der Waals surface area contributed by atoms with Gasteiger partial charge in [-0.15, -0.1) is 0 Å². The van der Waals surface area contributed by atoms with E-state index in [0.717, 1.165) is 6.08 Å². The summed E-state index contributed by atoms with van der Waals surface area (Å²) in [5.74, 6) is 0. The molecule has 1 aromatic rings. The molecular formula is C11H9F3O2S. The molecule has 0 saturated heterocycles. The quantitative estimate of drug-likeness (QED) is 0.779. The Balaban J connectivity index is 2.60. The van der Waals surface area contributed by atoms with Crippen molar-refractivity contribution in [2.75, 3.05) is 0 Å². The molecule has 6 heteroatoms. The lowest BCUT2D eigenvalue weighted by molar-refractivity contribution is -0.0420. The van der Waals surface area contributed by atoms with Crippen LogP contribution in [0.1, 0.15) is 17.5 Å². The Hall–Kier alpha value is -1.30. The largest absolute Gasteiger partial charge is 0.501 e. The van der Waals surface area contributed by atoms with Crippen LogP contribution in [0.15, 0.2) is 30.3 Å². The number of hydrogen-bond donors (Lipinski definition) is 0. The minimum atomic E-state index is -5.25. The number of rotatable bonds is 1. The van der Waals surface area contributed by atoms with Crippen molar-refractivity contribution in [3.63, 3.8) is 0 Å². The van der Waals surface area contributed by atoms with E-state index >= 15 is 0 Å². The highest BCUT2D eigenvalue weighted by atomic mass is 32.2. The lowest BCUT2D eigenvalue weighted by Gasteiger charge is -2.18. The van der Waals surface area contributed by atoms with Crippen molar-refractivity contribution >= 4 is 14.7 Å². The van der Waals surface area contributed by atoms with Crippen LogP contribution in [0.4, 0.5) is 13.2 Å². The third-order valence-corrected chi connectivity index (χ3v) is 4.20. The van der Waals surface area contributed by atoms with Crippen molar-refractivity contribution < 1.29 is 21.6 Å². The van der Waals surface area contributed by atoms with Crippen molar-refractivity contribution in [2.24, 2.45) is 0 Å². The van der Waals surface area contributed by atoms with Crippen molar-refractivity contribution in [1.82, 2.24) is 0 Å². The van der Waals surface area contributed by atoms with E-state index in [1.54, 1.807) is 12.1 Å². The zero-order valence-corrected chi connectivity index (χ0v) is 9.48. The Bertz CT molecular complexity index is 571. The Morgan fingerprint density at radius 3 is 2.41 bits per heavy atom. The lowest BCUT2D eigenvalue weighted by atomic mass is 9.97. The van der Waals surface area contributed by atoms with E-state index in [0.29, 0.717) is 18.4 Å². The van der Waals surface area contributed by atoms with Crippen molar-refractivity contribution in [3.05, 3.63) is 41.5 Å². The SMILES string of the molecule is O=S(=O)(C1=CCCc2ccccc21)C(F)(F)F. The fraction of sp³-hybridized carbons (Fsp3) is 0.273. The zero-order chi connectivity index (χ0) is 12.7. The first-order valence-electron chi connectivity index (χ1n) is 4.94. The molecule has 17 heavy (non-hydrogen) atoms. The third kappa shape index (κ3) is 1.97. The topological polar surface area (TPSA) is 34.1 Å². The fourth-order valence-corrected chi connectivity index (χ4v) is 2.90. The summed E-state index contributed by atoms with van der Waals surface area (Å²) < 4.78 is 60.2. The van der Waals surface area contributed by atoms with Gasteiger partial charge in [-0.2, -0.15) is 13.2 Å². The molecule has 2 rings (SSSR count). The minimum absolute atomic E-state index is 0.163. The second kappa shape index (κ2) is 3.87. The van der Waals surface area contributed by atoms with Crippen LogP contribution in [0.2, 0.25) is 0 Å². The number of alkyl halides is 3. The Kier molecular flexibility index (Phi) is 2.77. The molecule has 1 aliphatic carbocycles. The summed E-state index contributed by atoms with van der Waals surface area (Å²) in [7, 11) is -5.25. The van der Waals surface area contributed by atoms with E-state index < -0.39 is 20.3 Å². The second-order valence-electron chi connectivity index (χ2n) is 3.71. The highest BCUT2D eigenvalue weighted by molar-refractivity contribution is 8.01. The molecule has 0 aliphatic heterocycles. The first-order valence-corrected chi connectivity index (χ1v) is 6.42. The summed E-state index contributed by atoms with van der Waals surface area (Å²) in [5.41, 5.74) is -4.45. The summed E-state index contributed by atoms with van der Waals surface area (Å²) in [5, 5.41) is 0. The zero-order valence-electron chi connectivity index (χ0n) is 8.66. The molecule has 2 nitrogen and oxygen atoms in total. The van der Waals surface area contributed by atoms with E-state index in [9.17, 15) is 21.6 Å². The Labute approximate surface area is 96.7 Å². The van der Waals surface area contributed by atoms with Gasteiger partial charge in [0.05, 0.1) is 4.91 Å². The molecule has 0 heterocycles. The van der Waals surface area contributed by atoms with Crippen LogP contribution in [0.5, 0.6) is 0 Å². The Morgan fingerprint density at radius 2 is 1.76 bits per heavy atom. The predicted octanol–water partition coefficient (Wildman–Crippen LogP) is 2.91. The molecule has 0 atom stereocenters. The number of halogens is 3. The standard InChI is InChI=1S/C11H9F3O2S/c12-11(13,14)17(15,16)10-7-3-5-8-4-1-2-6-9(8)10/h1-2,4,6-7H,3,5H2. The second-order valence-corrected chi connectivity index (χ2v) is 5.62. The summed E-state index contributed by atoms with van der Waals surface area (Å²) >= 11 is 0. The van der Waals surface area contributed by atoms with E-state index in [1.165, 1.54) is 12.1 Å². The van der Waals surface area contributed by atoms with Gasteiger partial charge in [-0.1, -0.05) is 30.3 Å². The summed E-state index contributed by atoms with van der Waals surface area (Å²) in [6.07, 6.45) is 2.01. The van der Waals surface area contributed by atoms with Gasteiger partial charge in [-0.3, -0.25) is 0 Å². The number of fused-ring (bicyclic) bond motifs is 1. The highest BCUT2D eigenvalue weighted by Crippen LogP contribution is 2.38. The van der Waals surface area contributed by atoms with Crippen LogP contribution in [-0.2, 0) is 16.3 Å². The molecule has 0 N–H and O–H groups in total. The van der Waals surface area contributed by atoms with Gasteiger partial charge in [0.1, 0.15) is 0 Å². The average molecular weight is 262 g/mol. The average Bonchev–Trinajstić information content (AvgIpc) is 2.26. The number of hydrogen-bond acceptors (Lipinski definition) is 2. The number of sulfone groups is 1. The molecule has 92 valence electrons. The van der Waals surface area contributed by atoms with Crippen molar-refractivity contribution in [2.45, 2.75) is 18.3 Å². The van der Waals surface area contributed by atoms with Gasteiger partial charge < -0.3 is 0 Å². The number of allylic oxidation sites excluding steroid dienone is 1. The maximum absolute atomic E-state index is 12.5. The summed E-state index contributed by atoms with van der Waals surface area (Å²) in [4.78, 5) is -0.619. The van der Waals surface area contributed by atoms with Crippen LogP contribution in [-0.4, -0.2) is 13.9 Å². The van der Waals surface area contributed by atoms with Crippen molar-refractivity contribution in [3.8, 4) is 0 Å². The first-order chi connectivity index (χ1) is 7.84. The number of benzene rings is 1. The van der Waals surface area contributed by atoms with Gasteiger partial charge in [-0.25, -0.2) is 8.42 Å². The van der Waals surface area contributed by atoms with Gasteiger partial charge in [0, 0.05) is 0 Å². The smallest absolute Gasteiger partial charge is 0.214 e. The van der Waals surface area contributed by atoms with Crippen LogP contribution < -0.4 is 0 Å². The molecule has 1 aliphatic rings. The molecule has 0 aromatic heterocycles. The molecule has 0 radical (unpaired) electrons. The monoisotopic (exact) mass is 262 g/mol. The van der Waals surface area contributed by atoms with Crippen LogP contribution in [0, 0.1) is 0 Å². The fourth-order valence-electron chi connectivity index (χ4n) is 1.83. The molecule has 0 unspecified atom stereocenters. The van der Waals surface area contributed by atoms with Gasteiger partial charge in [-0.05, 0) is 24.0 Å². The van der Waals surface area contributed by atoms with E-state index in [-0.39, 0.29) is 5.56 Å². The number of aryl methyl sites for hydroxylation is 1. The van der Waals surface area contributed by atoms with Crippen molar-refractivity contribution in [1.29, 1.82) is 0 Å². The molecule has 0 spiro atoms. The summed E-state index contributed by atoms with van der Waals surface area (Å²) in [6.45, 7) is 0. The predicted molar refractivity (Wildman–Crippen MR) is 57.7 cm³/mol. The third-order valence-electron chi connectivity index (χ3n) is 2.62. The molecular weight excluding hydrogens is 253 g/mol. The molecule has 0 bridgehead atoms. The molecule has 0 saturated carbocycles. The van der Waals surface area contributed by atoms with E-state index in [4.69, 9.17) is 0 Å².